The van der Waals surface area contributed by atoms with E-state index < -0.39 is 0 Å². The molecule has 1 aromatic heterocycles. The van der Waals surface area contributed by atoms with Crippen LogP contribution in [-0.4, -0.2) is 46.6 Å². The van der Waals surface area contributed by atoms with E-state index in [0.29, 0.717) is 40.4 Å². The summed E-state index contributed by atoms with van der Waals surface area (Å²) in [4.78, 5) is 24.8. The normalized spacial score (nSPS) is 10.5. The van der Waals surface area contributed by atoms with Crippen molar-refractivity contribution in [2.75, 3.05) is 30.6 Å². The van der Waals surface area contributed by atoms with Crippen LogP contribution in [0.5, 0.6) is 11.5 Å². The Hall–Kier alpha value is -3.53. The molecule has 0 fully saturated rings. The first-order valence-electron chi connectivity index (χ1n) is 9.95. The van der Waals surface area contributed by atoms with Crippen LogP contribution in [0.25, 0.3) is 0 Å². The van der Waals surface area contributed by atoms with E-state index in [4.69, 9.17) is 9.47 Å². The van der Waals surface area contributed by atoms with Crippen molar-refractivity contribution in [3.05, 3.63) is 54.4 Å². The summed E-state index contributed by atoms with van der Waals surface area (Å²) < 4.78 is 12.2. The van der Waals surface area contributed by atoms with Crippen LogP contribution < -0.4 is 20.1 Å². The lowest BCUT2D eigenvalue weighted by Gasteiger charge is -2.10. The zero-order valence-electron chi connectivity index (χ0n) is 18.1. The van der Waals surface area contributed by atoms with Gasteiger partial charge in [0.25, 0.3) is 0 Å². The Morgan fingerprint density at radius 1 is 1.00 bits per heavy atom. The standard InChI is InChI=1S/C22H25N5O4S/c1-4-27-19(13-20(28)23-15-8-7-9-16(12-15)30-2)25-26-22(27)32-14-21(29)24-17-10-5-6-11-18(17)31-3/h5-12H,4,13-14H2,1-3H3,(H,23,28)(H,24,29). The molecule has 1 heterocycles. The molecule has 0 spiro atoms. The summed E-state index contributed by atoms with van der Waals surface area (Å²) in [6.07, 6.45) is 0.0615. The first kappa shape index (κ1) is 23.1. The molecule has 2 N–H and O–H groups in total. The molecule has 3 aromatic rings. The highest BCUT2D eigenvalue weighted by Gasteiger charge is 2.16. The number of amides is 2. The molecular formula is C22H25N5O4S. The minimum absolute atomic E-state index is 0.0615. The highest BCUT2D eigenvalue weighted by atomic mass is 32.2. The first-order valence-corrected chi connectivity index (χ1v) is 10.9. The maximum atomic E-state index is 12.5. The largest absolute Gasteiger partial charge is 0.497 e. The molecule has 168 valence electrons. The number of rotatable bonds is 10. The smallest absolute Gasteiger partial charge is 0.234 e. The fourth-order valence-electron chi connectivity index (χ4n) is 2.99. The Balaban J connectivity index is 1.59. The number of carbonyl (C=O) groups excluding carboxylic acids is 2. The van der Waals surface area contributed by atoms with Gasteiger partial charge >= 0.3 is 0 Å². The van der Waals surface area contributed by atoms with Gasteiger partial charge < -0.3 is 24.7 Å². The molecule has 0 atom stereocenters. The summed E-state index contributed by atoms with van der Waals surface area (Å²) in [5, 5.41) is 14.5. The van der Waals surface area contributed by atoms with E-state index in [0.717, 1.165) is 0 Å². The maximum absolute atomic E-state index is 12.5. The molecular weight excluding hydrogens is 430 g/mol. The number of aromatic nitrogens is 3. The molecule has 3 rings (SSSR count). The number of carbonyl (C=O) groups is 2. The number of para-hydroxylation sites is 2. The Morgan fingerprint density at radius 3 is 2.56 bits per heavy atom. The predicted octanol–water partition coefficient (Wildman–Crippen LogP) is 3.23. The van der Waals surface area contributed by atoms with Crippen LogP contribution in [0.15, 0.2) is 53.7 Å². The molecule has 0 saturated heterocycles. The molecule has 2 amide bonds. The summed E-state index contributed by atoms with van der Waals surface area (Å²) >= 11 is 1.26. The van der Waals surface area contributed by atoms with Crippen molar-refractivity contribution in [1.29, 1.82) is 0 Å². The van der Waals surface area contributed by atoms with Crippen molar-refractivity contribution < 1.29 is 19.1 Å². The molecule has 0 aliphatic rings. The third-order valence-corrected chi connectivity index (χ3v) is 5.46. The number of anilines is 2. The van der Waals surface area contributed by atoms with Crippen LogP contribution in [-0.2, 0) is 22.6 Å². The van der Waals surface area contributed by atoms with Gasteiger partial charge in [-0.25, -0.2) is 0 Å². The van der Waals surface area contributed by atoms with Crippen LogP contribution in [0.1, 0.15) is 12.7 Å². The first-order chi connectivity index (χ1) is 15.5. The Bertz CT molecular complexity index is 1090. The SMILES string of the molecule is CCn1c(CC(=O)Nc2cccc(OC)c2)nnc1SCC(=O)Nc1ccccc1OC. The summed E-state index contributed by atoms with van der Waals surface area (Å²) in [7, 11) is 3.12. The third kappa shape index (κ3) is 6.01. The summed E-state index contributed by atoms with van der Waals surface area (Å²) in [6.45, 7) is 2.51. The van der Waals surface area contributed by atoms with Crippen molar-refractivity contribution >= 4 is 35.0 Å². The van der Waals surface area contributed by atoms with Crippen LogP contribution >= 0.6 is 11.8 Å². The number of hydrogen-bond donors (Lipinski definition) is 2. The number of nitrogens with zero attached hydrogens (tertiary/aromatic N) is 3. The van der Waals surface area contributed by atoms with E-state index in [-0.39, 0.29) is 24.0 Å². The average molecular weight is 456 g/mol. The second-order valence-electron chi connectivity index (χ2n) is 6.64. The number of methoxy groups -OCH3 is 2. The second kappa shape index (κ2) is 11.2. The van der Waals surface area contributed by atoms with E-state index in [2.05, 4.69) is 20.8 Å². The van der Waals surface area contributed by atoms with Gasteiger partial charge in [0.15, 0.2) is 5.16 Å². The minimum Gasteiger partial charge on any atom is -0.497 e. The van der Waals surface area contributed by atoms with E-state index in [1.165, 1.54) is 11.8 Å². The van der Waals surface area contributed by atoms with Crippen LogP contribution in [0.3, 0.4) is 0 Å². The van der Waals surface area contributed by atoms with E-state index in [9.17, 15) is 9.59 Å². The fraction of sp³-hybridized carbons (Fsp3) is 0.273. The van der Waals surface area contributed by atoms with Crippen molar-refractivity contribution in [3.8, 4) is 11.5 Å². The molecule has 2 aromatic carbocycles. The van der Waals surface area contributed by atoms with Gasteiger partial charge in [-0.2, -0.15) is 0 Å². The summed E-state index contributed by atoms with van der Waals surface area (Å²) in [5.74, 6) is 1.51. The second-order valence-corrected chi connectivity index (χ2v) is 7.58. The van der Waals surface area contributed by atoms with Gasteiger partial charge in [-0.1, -0.05) is 30.0 Å². The van der Waals surface area contributed by atoms with Gasteiger partial charge in [0, 0.05) is 18.3 Å². The summed E-state index contributed by atoms with van der Waals surface area (Å²) in [5.41, 5.74) is 1.24. The molecule has 32 heavy (non-hydrogen) atoms. The number of thioether (sulfide) groups is 1. The quantitative estimate of drug-likeness (QED) is 0.452. The van der Waals surface area contributed by atoms with Gasteiger partial charge in [0.1, 0.15) is 17.3 Å². The Kier molecular flexibility index (Phi) is 8.09. The molecule has 0 radical (unpaired) electrons. The van der Waals surface area contributed by atoms with Crippen molar-refractivity contribution in [1.82, 2.24) is 14.8 Å². The van der Waals surface area contributed by atoms with Crippen molar-refractivity contribution in [2.45, 2.75) is 25.0 Å². The van der Waals surface area contributed by atoms with E-state index in [1.54, 1.807) is 50.6 Å². The van der Waals surface area contributed by atoms with Gasteiger partial charge in [-0.15, -0.1) is 10.2 Å². The predicted molar refractivity (Wildman–Crippen MR) is 123 cm³/mol. The van der Waals surface area contributed by atoms with E-state index >= 15 is 0 Å². The van der Waals surface area contributed by atoms with Gasteiger partial charge in [-0.3, -0.25) is 9.59 Å². The Morgan fingerprint density at radius 2 is 1.81 bits per heavy atom. The monoisotopic (exact) mass is 455 g/mol. The lowest BCUT2D eigenvalue weighted by atomic mass is 10.3. The summed E-state index contributed by atoms with van der Waals surface area (Å²) in [6, 6.07) is 14.3. The molecule has 0 aliphatic heterocycles. The number of benzene rings is 2. The average Bonchev–Trinajstić information content (AvgIpc) is 3.19. The lowest BCUT2D eigenvalue weighted by molar-refractivity contribution is -0.116. The van der Waals surface area contributed by atoms with Gasteiger partial charge in [0.2, 0.25) is 11.8 Å². The molecule has 0 saturated carbocycles. The van der Waals surface area contributed by atoms with E-state index in [1.807, 2.05) is 23.6 Å². The van der Waals surface area contributed by atoms with Crippen LogP contribution in [0.4, 0.5) is 11.4 Å². The van der Waals surface area contributed by atoms with Crippen LogP contribution in [0, 0.1) is 0 Å². The topological polar surface area (TPSA) is 107 Å². The molecule has 0 bridgehead atoms. The van der Waals surface area contributed by atoms with Crippen LogP contribution in [0.2, 0.25) is 0 Å². The van der Waals surface area contributed by atoms with Crippen molar-refractivity contribution in [2.24, 2.45) is 0 Å². The fourth-order valence-corrected chi connectivity index (χ4v) is 3.81. The Labute approximate surface area is 190 Å². The van der Waals surface area contributed by atoms with Crippen molar-refractivity contribution in [3.63, 3.8) is 0 Å². The lowest BCUT2D eigenvalue weighted by Crippen LogP contribution is -2.18. The number of nitrogens with one attached hydrogen (secondary N) is 2. The zero-order chi connectivity index (χ0) is 22.9. The van der Waals surface area contributed by atoms with Gasteiger partial charge in [0.05, 0.1) is 32.1 Å². The minimum atomic E-state index is -0.217. The molecule has 9 nitrogen and oxygen atoms in total. The number of hydrogen-bond acceptors (Lipinski definition) is 7. The molecule has 0 unspecified atom stereocenters. The third-order valence-electron chi connectivity index (χ3n) is 4.50. The molecule has 10 heteroatoms. The highest BCUT2D eigenvalue weighted by molar-refractivity contribution is 7.99. The number of ether oxygens (including phenoxy) is 2. The zero-order valence-corrected chi connectivity index (χ0v) is 18.9. The molecule has 0 aliphatic carbocycles. The highest BCUT2D eigenvalue weighted by Crippen LogP contribution is 2.24. The van der Waals surface area contributed by atoms with Gasteiger partial charge in [-0.05, 0) is 31.2 Å². The maximum Gasteiger partial charge on any atom is 0.234 e.